The molecule has 0 unspecified atom stereocenters. The summed E-state index contributed by atoms with van der Waals surface area (Å²) in [6.45, 7) is 5.65. The third-order valence-corrected chi connectivity index (χ3v) is 4.51. The lowest BCUT2D eigenvalue weighted by Gasteiger charge is -2.11. The number of carbonyl (C=O) groups is 2. The average Bonchev–Trinajstić information content (AvgIpc) is 2.44. The lowest BCUT2D eigenvalue weighted by Crippen LogP contribution is -2.35. The van der Waals surface area contributed by atoms with Crippen LogP contribution >= 0.6 is 27.7 Å². The molecule has 0 bridgehead atoms. The zero-order chi connectivity index (χ0) is 15.8. The maximum atomic E-state index is 11.6. The van der Waals surface area contributed by atoms with Crippen molar-refractivity contribution < 1.29 is 14.3 Å². The molecule has 0 spiro atoms. The van der Waals surface area contributed by atoms with Crippen molar-refractivity contribution in [3.05, 3.63) is 28.2 Å². The van der Waals surface area contributed by atoms with Crippen molar-refractivity contribution in [3.8, 4) is 0 Å². The van der Waals surface area contributed by atoms with Gasteiger partial charge in [0.05, 0.1) is 5.75 Å². The molecule has 0 aliphatic heterocycles. The van der Waals surface area contributed by atoms with Crippen LogP contribution in [0.15, 0.2) is 27.6 Å². The second kappa shape index (κ2) is 9.10. The van der Waals surface area contributed by atoms with Crippen molar-refractivity contribution in [1.82, 2.24) is 5.32 Å². The van der Waals surface area contributed by atoms with Crippen LogP contribution in [0.25, 0.3) is 0 Å². The minimum atomic E-state index is -0.387. The van der Waals surface area contributed by atoms with E-state index >= 15 is 0 Å². The molecule has 21 heavy (non-hydrogen) atoms. The second-order valence-electron chi connectivity index (χ2n) is 4.74. The Morgan fingerprint density at radius 2 is 2.14 bits per heavy atom. The lowest BCUT2D eigenvalue weighted by atomic mass is 10.2. The van der Waals surface area contributed by atoms with Crippen molar-refractivity contribution >= 4 is 39.6 Å². The minimum absolute atomic E-state index is 0.0935. The molecule has 0 fully saturated rings. The lowest BCUT2D eigenvalue weighted by molar-refractivity contribution is -0.146. The normalized spacial score (nSPS) is 11.8. The summed E-state index contributed by atoms with van der Waals surface area (Å²) in [7, 11) is 0. The standard InChI is InChI=1S/C15H20BrNO3S/c1-4-11(3)17-14(18)8-20-15(19)9-21-13-6-5-12(16)7-10(13)2/h5-7,11H,4,8-9H2,1-3H3,(H,17,18)/t11-/m0/s1. The Bertz CT molecular complexity index is 508. The highest BCUT2D eigenvalue weighted by atomic mass is 79.9. The number of halogens is 1. The fourth-order valence-electron chi connectivity index (χ4n) is 1.52. The molecule has 1 rings (SSSR count). The topological polar surface area (TPSA) is 55.4 Å². The number of thioether (sulfide) groups is 1. The Kier molecular flexibility index (Phi) is 7.82. The Labute approximate surface area is 138 Å². The van der Waals surface area contributed by atoms with Gasteiger partial charge in [0, 0.05) is 15.4 Å². The largest absolute Gasteiger partial charge is 0.455 e. The third-order valence-electron chi connectivity index (χ3n) is 2.87. The number of amides is 1. The molecule has 0 heterocycles. The zero-order valence-electron chi connectivity index (χ0n) is 12.4. The summed E-state index contributed by atoms with van der Waals surface area (Å²) in [5, 5.41) is 2.75. The predicted octanol–water partition coefficient (Wildman–Crippen LogP) is 3.31. The molecule has 1 aromatic carbocycles. The first-order valence-corrected chi connectivity index (χ1v) is 8.54. The molecule has 0 aliphatic carbocycles. The van der Waals surface area contributed by atoms with Gasteiger partial charge in [0.2, 0.25) is 0 Å². The van der Waals surface area contributed by atoms with E-state index in [9.17, 15) is 9.59 Å². The molecule has 1 aromatic rings. The minimum Gasteiger partial charge on any atom is -0.455 e. The number of rotatable bonds is 7. The quantitative estimate of drug-likeness (QED) is 0.588. The van der Waals surface area contributed by atoms with Crippen LogP contribution in [-0.2, 0) is 14.3 Å². The van der Waals surface area contributed by atoms with Crippen LogP contribution in [0, 0.1) is 6.92 Å². The first-order valence-electron chi connectivity index (χ1n) is 6.76. The van der Waals surface area contributed by atoms with Crippen molar-refractivity contribution in [2.24, 2.45) is 0 Å². The highest BCUT2D eigenvalue weighted by Crippen LogP contribution is 2.25. The van der Waals surface area contributed by atoms with Gasteiger partial charge in [-0.05, 0) is 44.0 Å². The molecule has 1 atom stereocenters. The van der Waals surface area contributed by atoms with E-state index in [-0.39, 0.29) is 30.3 Å². The summed E-state index contributed by atoms with van der Waals surface area (Å²) < 4.78 is 5.96. The van der Waals surface area contributed by atoms with Crippen LogP contribution < -0.4 is 5.32 Å². The van der Waals surface area contributed by atoms with Gasteiger partial charge in [0.15, 0.2) is 6.61 Å². The molecule has 1 amide bonds. The molecule has 116 valence electrons. The first-order chi connectivity index (χ1) is 9.92. The van der Waals surface area contributed by atoms with Gasteiger partial charge in [-0.15, -0.1) is 11.8 Å². The summed E-state index contributed by atoms with van der Waals surface area (Å²) in [5.41, 5.74) is 1.09. The zero-order valence-corrected chi connectivity index (χ0v) is 14.8. The van der Waals surface area contributed by atoms with Crippen LogP contribution in [0.3, 0.4) is 0 Å². The van der Waals surface area contributed by atoms with Gasteiger partial charge in [-0.2, -0.15) is 0 Å². The fourth-order valence-corrected chi connectivity index (χ4v) is 2.80. The van der Waals surface area contributed by atoms with E-state index in [0.29, 0.717) is 0 Å². The van der Waals surface area contributed by atoms with Gasteiger partial charge in [-0.1, -0.05) is 22.9 Å². The number of hydrogen-bond acceptors (Lipinski definition) is 4. The van der Waals surface area contributed by atoms with E-state index in [1.54, 1.807) is 0 Å². The van der Waals surface area contributed by atoms with E-state index in [2.05, 4.69) is 21.2 Å². The van der Waals surface area contributed by atoms with Gasteiger partial charge in [-0.3, -0.25) is 9.59 Å². The van der Waals surface area contributed by atoms with Gasteiger partial charge in [0.1, 0.15) is 0 Å². The second-order valence-corrected chi connectivity index (χ2v) is 6.67. The van der Waals surface area contributed by atoms with Gasteiger partial charge < -0.3 is 10.1 Å². The van der Waals surface area contributed by atoms with Crippen molar-refractivity contribution in [1.29, 1.82) is 0 Å². The van der Waals surface area contributed by atoms with E-state index in [4.69, 9.17) is 4.74 Å². The number of ether oxygens (including phenoxy) is 1. The highest BCUT2D eigenvalue weighted by Gasteiger charge is 2.10. The molecule has 0 radical (unpaired) electrons. The smallest absolute Gasteiger partial charge is 0.316 e. The molecule has 0 saturated carbocycles. The summed E-state index contributed by atoms with van der Waals surface area (Å²) in [6.07, 6.45) is 0.846. The Hall–Kier alpha value is -1.01. The van der Waals surface area contributed by atoms with Crippen LogP contribution in [0.5, 0.6) is 0 Å². The number of benzene rings is 1. The van der Waals surface area contributed by atoms with Crippen LogP contribution in [0.2, 0.25) is 0 Å². The summed E-state index contributed by atoms with van der Waals surface area (Å²) in [4.78, 5) is 24.1. The van der Waals surface area contributed by atoms with Gasteiger partial charge in [0.25, 0.3) is 5.91 Å². The molecular formula is C15H20BrNO3S. The monoisotopic (exact) mass is 373 g/mol. The average molecular weight is 374 g/mol. The third kappa shape index (κ3) is 7.00. The van der Waals surface area contributed by atoms with Gasteiger partial charge >= 0.3 is 5.97 Å². The molecule has 0 aromatic heterocycles. The van der Waals surface area contributed by atoms with Crippen molar-refractivity contribution in [2.45, 2.75) is 38.1 Å². The number of esters is 1. The first kappa shape index (κ1) is 18.0. The van der Waals surface area contributed by atoms with E-state index < -0.39 is 0 Å². The van der Waals surface area contributed by atoms with Gasteiger partial charge in [-0.25, -0.2) is 0 Å². The number of nitrogens with one attached hydrogen (secondary N) is 1. The summed E-state index contributed by atoms with van der Waals surface area (Å²) in [6, 6.07) is 5.97. The Balaban J connectivity index is 2.32. The fraction of sp³-hybridized carbons (Fsp3) is 0.467. The Morgan fingerprint density at radius 3 is 2.76 bits per heavy atom. The number of hydrogen-bond donors (Lipinski definition) is 1. The van der Waals surface area contributed by atoms with E-state index in [1.165, 1.54) is 11.8 Å². The summed E-state index contributed by atoms with van der Waals surface area (Å²) >= 11 is 4.80. The SMILES string of the molecule is CC[C@H](C)NC(=O)COC(=O)CSc1ccc(Br)cc1C. The molecule has 6 heteroatoms. The number of carbonyl (C=O) groups excluding carboxylic acids is 2. The van der Waals surface area contributed by atoms with E-state index in [1.807, 2.05) is 39.0 Å². The summed E-state index contributed by atoms with van der Waals surface area (Å²) in [5.74, 6) is -0.455. The van der Waals surface area contributed by atoms with E-state index in [0.717, 1.165) is 21.4 Å². The maximum absolute atomic E-state index is 11.6. The van der Waals surface area contributed by atoms with Crippen LogP contribution in [0.4, 0.5) is 0 Å². The Morgan fingerprint density at radius 1 is 1.43 bits per heavy atom. The molecular weight excluding hydrogens is 354 g/mol. The molecule has 4 nitrogen and oxygen atoms in total. The van der Waals surface area contributed by atoms with Crippen LogP contribution in [0.1, 0.15) is 25.8 Å². The number of aryl methyl sites for hydroxylation is 1. The molecule has 0 aliphatic rings. The predicted molar refractivity (Wildman–Crippen MR) is 88.5 cm³/mol. The molecule has 0 saturated heterocycles. The van der Waals surface area contributed by atoms with Crippen LogP contribution in [-0.4, -0.2) is 30.3 Å². The van der Waals surface area contributed by atoms with Crippen molar-refractivity contribution in [3.63, 3.8) is 0 Å². The highest BCUT2D eigenvalue weighted by molar-refractivity contribution is 9.10. The molecule has 1 N–H and O–H groups in total. The van der Waals surface area contributed by atoms with Crippen molar-refractivity contribution in [2.75, 3.05) is 12.4 Å². The maximum Gasteiger partial charge on any atom is 0.316 e.